The molecule has 0 fully saturated rings. The number of hydrogen-bond donors (Lipinski definition) is 1. The number of para-hydroxylation sites is 1. The zero-order valence-electron chi connectivity index (χ0n) is 16.0. The maximum Gasteiger partial charge on any atom is 0.266 e. The average molecular weight is 408 g/mol. The summed E-state index contributed by atoms with van der Waals surface area (Å²) in [4.78, 5) is 0.0645. The first-order valence-electron chi connectivity index (χ1n) is 9.17. The fraction of sp³-hybridized carbons (Fsp3) is 0.136. The minimum absolute atomic E-state index is 0.0645. The second-order valence-electron chi connectivity index (χ2n) is 6.52. The third-order valence-electron chi connectivity index (χ3n) is 4.74. The number of sulfonamides is 1. The molecule has 0 radical (unpaired) electrons. The fourth-order valence-corrected chi connectivity index (χ4v) is 4.45. The van der Waals surface area contributed by atoms with Crippen LogP contribution in [-0.4, -0.2) is 20.7 Å². The minimum atomic E-state index is -3.93. The van der Waals surface area contributed by atoms with Crippen molar-refractivity contribution in [1.82, 2.24) is 5.16 Å². The van der Waals surface area contributed by atoms with E-state index < -0.39 is 10.0 Å². The number of benzene rings is 3. The van der Waals surface area contributed by atoms with Crippen LogP contribution in [0.3, 0.4) is 0 Å². The van der Waals surface area contributed by atoms with Crippen LogP contribution in [0.4, 0.5) is 5.82 Å². The summed E-state index contributed by atoms with van der Waals surface area (Å²) in [5.74, 6) is 0.411. The van der Waals surface area contributed by atoms with Gasteiger partial charge < -0.3 is 9.26 Å². The van der Waals surface area contributed by atoms with Crippen LogP contribution in [-0.2, 0) is 16.4 Å². The lowest BCUT2D eigenvalue weighted by molar-refractivity contribution is 0.402. The predicted molar refractivity (Wildman–Crippen MR) is 113 cm³/mol. The lowest BCUT2D eigenvalue weighted by Crippen LogP contribution is -2.15. The smallest absolute Gasteiger partial charge is 0.266 e. The van der Waals surface area contributed by atoms with Crippen molar-refractivity contribution in [2.75, 3.05) is 11.8 Å². The highest BCUT2D eigenvalue weighted by Crippen LogP contribution is 2.34. The van der Waals surface area contributed by atoms with Gasteiger partial charge >= 0.3 is 0 Å². The van der Waals surface area contributed by atoms with E-state index in [1.807, 2.05) is 55.5 Å². The molecule has 4 rings (SSSR count). The van der Waals surface area contributed by atoms with E-state index in [2.05, 4.69) is 9.88 Å². The topological polar surface area (TPSA) is 81.4 Å². The number of ether oxygens (including phenoxy) is 1. The Labute approximate surface area is 169 Å². The Morgan fingerprint density at radius 1 is 1.03 bits per heavy atom. The molecule has 29 heavy (non-hydrogen) atoms. The quantitative estimate of drug-likeness (QED) is 0.492. The van der Waals surface area contributed by atoms with Gasteiger partial charge in [-0.3, -0.25) is 4.72 Å². The summed E-state index contributed by atoms with van der Waals surface area (Å²) < 4.78 is 39.5. The highest BCUT2D eigenvalue weighted by atomic mass is 32.2. The molecule has 148 valence electrons. The first-order chi connectivity index (χ1) is 14.0. The third kappa shape index (κ3) is 3.56. The van der Waals surface area contributed by atoms with Crippen molar-refractivity contribution in [3.63, 3.8) is 0 Å². The number of aromatic nitrogens is 1. The zero-order valence-corrected chi connectivity index (χ0v) is 16.9. The molecule has 0 unspecified atom stereocenters. The van der Waals surface area contributed by atoms with Crippen LogP contribution < -0.4 is 9.46 Å². The Bertz CT molecular complexity index is 1260. The van der Waals surface area contributed by atoms with E-state index in [9.17, 15) is 8.42 Å². The van der Waals surface area contributed by atoms with Gasteiger partial charge in [0.25, 0.3) is 10.0 Å². The molecule has 0 spiro atoms. The molecule has 0 atom stereocenters. The average Bonchev–Trinajstić information content (AvgIpc) is 3.16. The SMILES string of the molecule is CCc1ccc(OC)c(S(=O)(=O)Nc2noc3c(-c4ccccc4)cccc23)c1. The largest absolute Gasteiger partial charge is 0.495 e. The van der Waals surface area contributed by atoms with Crippen molar-refractivity contribution in [1.29, 1.82) is 0 Å². The molecule has 7 heteroatoms. The summed E-state index contributed by atoms with van der Waals surface area (Å²) in [5, 5.41) is 4.57. The van der Waals surface area contributed by atoms with E-state index in [1.165, 1.54) is 7.11 Å². The maximum absolute atomic E-state index is 13.1. The molecule has 0 saturated heterocycles. The van der Waals surface area contributed by atoms with Gasteiger partial charge in [-0.15, -0.1) is 0 Å². The number of fused-ring (bicyclic) bond motifs is 1. The molecule has 1 heterocycles. The molecule has 6 nitrogen and oxygen atoms in total. The summed E-state index contributed by atoms with van der Waals surface area (Å²) in [6, 6.07) is 20.4. The van der Waals surface area contributed by atoms with Gasteiger partial charge in [0.05, 0.1) is 12.5 Å². The van der Waals surface area contributed by atoms with Crippen LogP contribution >= 0.6 is 0 Å². The van der Waals surface area contributed by atoms with Gasteiger partial charge in [0, 0.05) is 5.56 Å². The van der Waals surface area contributed by atoms with Crippen LogP contribution in [0.15, 0.2) is 76.1 Å². The van der Waals surface area contributed by atoms with Gasteiger partial charge in [0.1, 0.15) is 10.6 Å². The van der Waals surface area contributed by atoms with E-state index in [0.29, 0.717) is 17.4 Å². The Kier molecular flexibility index (Phi) is 4.98. The summed E-state index contributed by atoms with van der Waals surface area (Å²) in [6.45, 7) is 1.96. The van der Waals surface area contributed by atoms with Gasteiger partial charge in [-0.2, -0.15) is 0 Å². The Morgan fingerprint density at radius 2 is 1.83 bits per heavy atom. The van der Waals surface area contributed by atoms with Crippen molar-refractivity contribution >= 4 is 26.8 Å². The van der Waals surface area contributed by atoms with Crippen molar-refractivity contribution < 1.29 is 17.7 Å². The maximum atomic E-state index is 13.1. The summed E-state index contributed by atoms with van der Waals surface area (Å²) in [5.41, 5.74) is 3.21. The number of methoxy groups -OCH3 is 1. The molecule has 1 aromatic heterocycles. The summed E-state index contributed by atoms with van der Waals surface area (Å²) in [6.07, 6.45) is 0.708. The number of aryl methyl sites for hydroxylation is 1. The normalized spacial score (nSPS) is 11.5. The molecule has 0 aliphatic rings. The van der Waals surface area contributed by atoms with E-state index in [1.54, 1.807) is 18.2 Å². The lowest BCUT2D eigenvalue weighted by atomic mass is 10.0. The molecule has 3 aromatic carbocycles. The van der Waals surface area contributed by atoms with E-state index in [0.717, 1.165) is 16.7 Å². The monoisotopic (exact) mass is 408 g/mol. The minimum Gasteiger partial charge on any atom is -0.495 e. The predicted octanol–water partition coefficient (Wildman–Crippen LogP) is 4.87. The number of rotatable bonds is 6. The number of anilines is 1. The Hall–Kier alpha value is -3.32. The number of hydrogen-bond acceptors (Lipinski definition) is 5. The van der Waals surface area contributed by atoms with Gasteiger partial charge in [-0.25, -0.2) is 8.42 Å². The van der Waals surface area contributed by atoms with Gasteiger partial charge in [0.2, 0.25) is 0 Å². The molecule has 0 bridgehead atoms. The molecule has 1 N–H and O–H groups in total. The van der Waals surface area contributed by atoms with Crippen LogP contribution in [0, 0.1) is 0 Å². The van der Waals surface area contributed by atoms with E-state index in [-0.39, 0.29) is 16.5 Å². The van der Waals surface area contributed by atoms with Crippen LogP contribution in [0.2, 0.25) is 0 Å². The molecular weight excluding hydrogens is 388 g/mol. The highest BCUT2D eigenvalue weighted by molar-refractivity contribution is 7.92. The van der Waals surface area contributed by atoms with E-state index >= 15 is 0 Å². The molecule has 0 aliphatic heterocycles. The van der Waals surface area contributed by atoms with Crippen molar-refractivity contribution in [3.8, 4) is 16.9 Å². The van der Waals surface area contributed by atoms with Crippen LogP contribution in [0.5, 0.6) is 5.75 Å². The van der Waals surface area contributed by atoms with Gasteiger partial charge in [-0.05, 0) is 35.7 Å². The number of nitrogens with one attached hydrogen (secondary N) is 1. The fourth-order valence-electron chi connectivity index (χ4n) is 3.21. The van der Waals surface area contributed by atoms with Gasteiger partial charge in [0.15, 0.2) is 11.4 Å². The third-order valence-corrected chi connectivity index (χ3v) is 6.10. The Balaban J connectivity index is 1.77. The standard InChI is InChI=1S/C22H20N2O4S/c1-3-15-12-13-19(27-2)20(14-15)29(25,26)24-22-18-11-7-10-17(21(18)28-23-22)16-8-5-4-6-9-16/h4-14H,3H2,1-2H3,(H,23,24). The summed E-state index contributed by atoms with van der Waals surface area (Å²) >= 11 is 0. The highest BCUT2D eigenvalue weighted by Gasteiger charge is 2.23. The molecule has 0 aliphatic carbocycles. The second-order valence-corrected chi connectivity index (χ2v) is 8.17. The Morgan fingerprint density at radius 3 is 2.55 bits per heavy atom. The van der Waals surface area contributed by atoms with Crippen molar-refractivity contribution in [2.24, 2.45) is 0 Å². The molecule has 0 saturated carbocycles. The molecule has 4 aromatic rings. The van der Waals surface area contributed by atoms with Crippen molar-refractivity contribution in [2.45, 2.75) is 18.2 Å². The number of nitrogens with zero attached hydrogens (tertiary/aromatic N) is 1. The van der Waals surface area contributed by atoms with Crippen LogP contribution in [0.25, 0.3) is 22.1 Å². The second kappa shape index (κ2) is 7.60. The lowest BCUT2D eigenvalue weighted by Gasteiger charge is -2.11. The van der Waals surface area contributed by atoms with Gasteiger partial charge in [-0.1, -0.05) is 60.6 Å². The van der Waals surface area contributed by atoms with Crippen molar-refractivity contribution in [3.05, 3.63) is 72.3 Å². The first-order valence-corrected chi connectivity index (χ1v) is 10.7. The molecular formula is C22H20N2O4S. The van der Waals surface area contributed by atoms with E-state index in [4.69, 9.17) is 9.26 Å². The summed E-state index contributed by atoms with van der Waals surface area (Å²) in [7, 11) is -2.48. The first kappa shape index (κ1) is 19.0. The zero-order chi connectivity index (χ0) is 20.4. The molecule has 0 amide bonds. The van der Waals surface area contributed by atoms with Crippen LogP contribution in [0.1, 0.15) is 12.5 Å².